The van der Waals surface area contributed by atoms with Crippen molar-refractivity contribution in [3.8, 4) is 0 Å². The Balaban J connectivity index is 2.05. The van der Waals surface area contributed by atoms with E-state index in [-0.39, 0.29) is 6.10 Å². The molecule has 1 saturated carbocycles. The molecule has 0 aromatic rings. The highest BCUT2D eigenvalue weighted by Crippen LogP contribution is 2.29. The van der Waals surface area contributed by atoms with Crippen LogP contribution in [0.5, 0.6) is 0 Å². The van der Waals surface area contributed by atoms with Gasteiger partial charge in [-0.2, -0.15) is 0 Å². The van der Waals surface area contributed by atoms with Gasteiger partial charge in [-0.3, -0.25) is 0 Å². The highest BCUT2D eigenvalue weighted by atomic mass is 32.1. The molecule has 0 saturated heterocycles. The second-order valence-electron chi connectivity index (χ2n) is 2.82. The molecule has 0 aliphatic heterocycles. The molecule has 10 heavy (non-hydrogen) atoms. The fourth-order valence-electron chi connectivity index (χ4n) is 0.647. The van der Waals surface area contributed by atoms with Gasteiger partial charge >= 0.3 is 0 Å². The molecule has 2 N–H and O–H groups in total. The number of rotatable bonds is 4. The van der Waals surface area contributed by atoms with E-state index < -0.39 is 0 Å². The molecule has 0 spiro atoms. The molecule has 2 nitrogen and oxygen atoms in total. The van der Waals surface area contributed by atoms with Crippen molar-refractivity contribution in [1.82, 2.24) is 0 Å². The molecule has 0 aromatic carbocycles. The molecule has 0 amide bonds. The molecule has 0 radical (unpaired) electrons. The fraction of sp³-hybridized carbons (Fsp3) is 0.857. The lowest BCUT2D eigenvalue weighted by Gasteiger charge is -2.09. The van der Waals surface area contributed by atoms with Gasteiger partial charge in [-0.1, -0.05) is 12.2 Å². The molecule has 1 fully saturated rings. The van der Waals surface area contributed by atoms with Crippen molar-refractivity contribution in [2.75, 3.05) is 6.61 Å². The van der Waals surface area contributed by atoms with Crippen LogP contribution < -0.4 is 5.73 Å². The normalized spacial score (nSPS) is 20.5. The van der Waals surface area contributed by atoms with E-state index in [4.69, 9.17) is 22.7 Å². The average molecular weight is 159 g/mol. The third-order valence-electron chi connectivity index (χ3n) is 1.68. The molecule has 3 heteroatoms. The van der Waals surface area contributed by atoms with Crippen molar-refractivity contribution < 1.29 is 4.74 Å². The van der Waals surface area contributed by atoms with Gasteiger partial charge in [-0.25, -0.2) is 0 Å². The maximum atomic E-state index is 5.36. The Labute approximate surface area is 66.7 Å². The maximum absolute atomic E-state index is 5.36. The lowest BCUT2D eigenvalue weighted by molar-refractivity contribution is 0.101. The van der Waals surface area contributed by atoms with Gasteiger partial charge < -0.3 is 10.5 Å². The molecular formula is C7H13NOS. The summed E-state index contributed by atoms with van der Waals surface area (Å²) >= 11 is 4.74. The summed E-state index contributed by atoms with van der Waals surface area (Å²) < 4.78 is 5.36. The van der Waals surface area contributed by atoms with Crippen LogP contribution in [0.3, 0.4) is 0 Å². The fourth-order valence-corrected chi connectivity index (χ4v) is 0.715. The van der Waals surface area contributed by atoms with Gasteiger partial charge in [0.15, 0.2) is 0 Å². The number of thiocarbonyl (C=S) groups is 1. The monoisotopic (exact) mass is 159 g/mol. The van der Waals surface area contributed by atoms with E-state index in [1.807, 2.05) is 6.92 Å². The number of nitrogens with two attached hydrogens (primary N) is 1. The molecular weight excluding hydrogens is 146 g/mol. The predicted octanol–water partition coefficient (Wildman–Crippen LogP) is 1.09. The summed E-state index contributed by atoms with van der Waals surface area (Å²) in [5.41, 5.74) is 5.35. The highest BCUT2D eigenvalue weighted by Gasteiger charge is 2.22. The van der Waals surface area contributed by atoms with Crippen LogP contribution in [0.15, 0.2) is 0 Å². The quantitative estimate of drug-likeness (QED) is 0.624. The Bertz CT molecular complexity index is 134. The van der Waals surface area contributed by atoms with E-state index in [9.17, 15) is 0 Å². The van der Waals surface area contributed by atoms with Crippen LogP contribution in [-0.4, -0.2) is 17.7 Å². The maximum Gasteiger partial charge on any atom is 0.104 e. The Morgan fingerprint density at radius 2 is 2.40 bits per heavy atom. The second-order valence-corrected chi connectivity index (χ2v) is 3.29. The Morgan fingerprint density at radius 3 is 2.80 bits per heavy atom. The van der Waals surface area contributed by atoms with Crippen molar-refractivity contribution >= 4 is 17.2 Å². The number of hydrogen-bond acceptors (Lipinski definition) is 2. The SMILES string of the molecule is CC(OCC1CC1)C(N)=S. The first-order valence-electron chi connectivity index (χ1n) is 3.61. The molecule has 1 aliphatic rings. The lowest BCUT2D eigenvalue weighted by Crippen LogP contribution is -2.26. The van der Waals surface area contributed by atoms with Crippen molar-refractivity contribution in [2.45, 2.75) is 25.9 Å². The summed E-state index contributed by atoms with van der Waals surface area (Å²) in [5, 5.41) is 0. The average Bonchev–Trinajstić information content (AvgIpc) is 2.64. The van der Waals surface area contributed by atoms with Crippen LogP contribution in [0.25, 0.3) is 0 Å². The molecule has 0 heterocycles. The molecule has 1 aliphatic carbocycles. The second kappa shape index (κ2) is 3.30. The highest BCUT2D eigenvalue weighted by molar-refractivity contribution is 7.80. The van der Waals surface area contributed by atoms with Crippen LogP contribution in [0, 0.1) is 5.92 Å². The van der Waals surface area contributed by atoms with Gasteiger partial charge in [0.25, 0.3) is 0 Å². The third-order valence-corrected chi connectivity index (χ3v) is 2.01. The zero-order chi connectivity index (χ0) is 7.56. The van der Waals surface area contributed by atoms with Crippen molar-refractivity contribution in [1.29, 1.82) is 0 Å². The van der Waals surface area contributed by atoms with Crippen molar-refractivity contribution in [3.05, 3.63) is 0 Å². The van der Waals surface area contributed by atoms with E-state index in [1.165, 1.54) is 12.8 Å². The summed E-state index contributed by atoms with van der Waals surface area (Å²) in [6.07, 6.45) is 2.57. The first-order chi connectivity index (χ1) is 4.70. The largest absolute Gasteiger partial charge is 0.391 e. The van der Waals surface area contributed by atoms with E-state index in [0.717, 1.165) is 12.5 Å². The van der Waals surface area contributed by atoms with Crippen LogP contribution in [0.2, 0.25) is 0 Å². The van der Waals surface area contributed by atoms with Crippen LogP contribution in [0.1, 0.15) is 19.8 Å². The summed E-state index contributed by atoms with van der Waals surface area (Å²) in [4.78, 5) is 0.459. The molecule has 0 aromatic heterocycles. The van der Waals surface area contributed by atoms with Gasteiger partial charge in [0, 0.05) is 0 Å². The minimum atomic E-state index is -0.0457. The first-order valence-corrected chi connectivity index (χ1v) is 4.02. The summed E-state index contributed by atoms with van der Waals surface area (Å²) in [7, 11) is 0. The van der Waals surface area contributed by atoms with E-state index in [1.54, 1.807) is 0 Å². The molecule has 1 atom stereocenters. The van der Waals surface area contributed by atoms with Gasteiger partial charge in [-0.15, -0.1) is 0 Å². The molecule has 58 valence electrons. The van der Waals surface area contributed by atoms with Gasteiger partial charge in [-0.05, 0) is 25.7 Å². The van der Waals surface area contributed by atoms with E-state index >= 15 is 0 Å². The predicted molar refractivity (Wildman–Crippen MR) is 44.9 cm³/mol. The van der Waals surface area contributed by atoms with Crippen LogP contribution >= 0.6 is 12.2 Å². The minimum absolute atomic E-state index is 0.0457. The smallest absolute Gasteiger partial charge is 0.104 e. The van der Waals surface area contributed by atoms with Crippen LogP contribution in [-0.2, 0) is 4.74 Å². The van der Waals surface area contributed by atoms with Gasteiger partial charge in [0.2, 0.25) is 0 Å². The van der Waals surface area contributed by atoms with Gasteiger partial charge in [0.05, 0.1) is 6.61 Å². The van der Waals surface area contributed by atoms with Crippen molar-refractivity contribution in [2.24, 2.45) is 11.7 Å². The summed E-state index contributed by atoms with van der Waals surface area (Å²) in [5.74, 6) is 0.789. The summed E-state index contributed by atoms with van der Waals surface area (Å²) in [6, 6.07) is 0. The summed E-state index contributed by atoms with van der Waals surface area (Å²) in [6.45, 7) is 2.73. The minimum Gasteiger partial charge on any atom is -0.391 e. The molecule has 1 rings (SSSR count). The van der Waals surface area contributed by atoms with E-state index in [0.29, 0.717) is 4.99 Å². The lowest BCUT2D eigenvalue weighted by atomic mass is 10.4. The Morgan fingerprint density at radius 1 is 1.80 bits per heavy atom. The Kier molecular flexibility index (Phi) is 2.63. The molecule has 0 bridgehead atoms. The zero-order valence-corrected chi connectivity index (χ0v) is 6.99. The van der Waals surface area contributed by atoms with E-state index in [2.05, 4.69) is 0 Å². The number of hydrogen-bond donors (Lipinski definition) is 1. The standard InChI is InChI=1S/C7H13NOS/c1-5(7(8)10)9-4-6-2-3-6/h5-6H,2-4H2,1H3,(H2,8,10). The topological polar surface area (TPSA) is 35.2 Å². The molecule has 1 unspecified atom stereocenters. The Hall–Kier alpha value is -0.150. The zero-order valence-electron chi connectivity index (χ0n) is 6.17. The van der Waals surface area contributed by atoms with Crippen LogP contribution in [0.4, 0.5) is 0 Å². The first kappa shape index (κ1) is 7.95. The number of ether oxygens (including phenoxy) is 1. The van der Waals surface area contributed by atoms with Crippen molar-refractivity contribution in [3.63, 3.8) is 0 Å². The van der Waals surface area contributed by atoms with Gasteiger partial charge in [0.1, 0.15) is 11.1 Å². The third kappa shape index (κ3) is 2.62.